The molecule has 4 rings (SSSR count). The molecule has 0 spiro atoms. The molecule has 0 aromatic carbocycles. The SMILES string of the molecule is C#CC1(CO)OC(n2cnc3c(NC4CC4)ncnc32)C(O)C1O. The molecule has 1 aliphatic carbocycles. The summed E-state index contributed by atoms with van der Waals surface area (Å²) in [5.74, 6) is 2.84. The first-order valence-corrected chi connectivity index (χ1v) is 7.66. The number of aliphatic hydroxyl groups excluding tert-OH is 3. The van der Waals surface area contributed by atoms with Crippen LogP contribution < -0.4 is 5.32 Å². The smallest absolute Gasteiger partial charge is 0.182 e. The molecular formula is C15H17N5O4. The van der Waals surface area contributed by atoms with E-state index in [0.717, 1.165) is 12.8 Å². The number of nitrogens with zero attached hydrogens (tertiary/aromatic N) is 4. The molecule has 0 bridgehead atoms. The summed E-state index contributed by atoms with van der Waals surface area (Å²) >= 11 is 0. The van der Waals surface area contributed by atoms with E-state index in [1.54, 1.807) is 0 Å². The number of aliphatic hydroxyl groups is 3. The topological polar surface area (TPSA) is 126 Å². The molecule has 2 fully saturated rings. The van der Waals surface area contributed by atoms with Crippen molar-refractivity contribution in [2.45, 2.75) is 42.9 Å². The van der Waals surface area contributed by atoms with Gasteiger partial charge in [-0.15, -0.1) is 6.42 Å². The predicted molar refractivity (Wildman–Crippen MR) is 82.8 cm³/mol. The van der Waals surface area contributed by atoms with Gasteiger partial charge in [0, 0.05) is 6.04 Å². The highest BCUT2D eigenvalue weighted by Gasteiger charge is 2.54. The summed E-state index contributed by atoms with van der Waals surface area (Å²) in [5.41, 5.74) is -0.685. The molecule has 126 valence electrons. The molecule has 1 aliphatic heterocycles. The van der Waals surface area contributed by atoms with Gasteiger partial charge in [-0.2, -0.15) is 0 Å². The number of imidazole rings is 1. The van der Waals surface area contributed by atoms with Gasteiger partial charge >= 0.3 is 0 Å². The molecule has 3 heterocycles. The van der Waals surface area contributed by atoms with Gasteiger partial charge in [0.15, 0.2) is 28.8 Å². The number of terminal acetylenes is 1. The molecule has 0 radical (unpaired) electrons. The maximum Gasteiger partial charge on any atom is 0.182 e. The quantitative estimate of drug-likeness (QED) is 0.527. The summed E-state index contributed by atoms with van der Waals surface area (Å²) < 4.78 is 7.10. The maximum atomic E-state index is 10.3. The fraction of sp³-hybridized carbons (Fsp3) is 0.533. The summed E-state index contributed by atoms with van der Waals surface area (Å²) in [5, 5.41) is 33.3. The average molecular weight is 331 g/mol. The fourth-order valence-electron chi connectivity index (χ4n) is 2.87. The van der Waals surface area contributed by atoms with Crippen molar-refractivity contribution in [3.63, 3.8) is 0 Å². The minimum Gasteiger partial charge on any atom is -0.392 e. The fourth-order valence-corrected chi connectivity index (χ4v) is 2.87. The van der Waals surface area contributed by atoms with E-state index in [-0.39, 0.29) is 0 Å². The van der Waals surface area contributed by atoms with Crippen LogP contribution in [0.5, 0.6) is 0 Å². The van der Waals surface area contributed by atoms with Gasteiger partial charge in [-0.05, 0) is 12.8 Å². The summed E-state index contributed by atoms with van der Waals surface area (Å²) in [4.78, 5) is 12.7. The van der Waals surface area contributed by atoms with E-state index in [0.29, 0.717) is 23.0 Å². The molecule has 24 heavy (non-hydrogen) atoms. The monoisotopic (exact) mass is 331 g/mol. The van der Waals surface area contributed by atoms with Crippen LogP contribution in [0.4, 0.5) is 5.82 Å². The zero-order valence-electron chi connectivity index (χ0n) is 12.7. The minimum atomic E-state index is -1.66. The van der Waals surface area contributed by atoms with Crippen molar-refractivity contribution in [2.75, 3.05) is 11.9 Å². The van der Waals surface area contributed by atoms with Crippen LogP contribution in [-0.2, 0) is 4.74 Å². The minimum absolute atomic E-state index is 0.395. The molecule has 0 amide bonds. The highest BCUT2D eigenvalue weighted by atomic mass is 16.6. The van der Waals surface area contributed by atoms with Crippen molar-refractivity contribution in [2.24, 2.45) is 0 Å². The summed E-state index contributed by atoms with van der Waals surface area (Å²) in [7, 11) is 0. The number of rotatable bonds is 4. The van der Waals surface area contributed by atoms with Crippen LogP contribution in [0.3, 0.4) is 0 Å². The van der Waals surface area contributed by atoms with Crippen molar-refractivity contribution in [1.82, 2.24) is 19.5 Å². The molecule has 9 nitrogen and oxygen atoms in total. The van der Waals surface area contributed by atoms with Gasteiger partial charge in [-0.25, -0.2) is 15.0 Å². The first-order chi connectivity index (χ1) is 11.6. The third-order valence-electron chi connectivity index (χ3n) is 4.45. The molecule has 2 aliphatic rings. The standard InChI is InChI=1S/C15H17N5O4/c1-2-15(5-21)11(23)10(22)14(24-15)20-7-18-9-12(19-8-3-4-8)16-6-17-13(9)20/h1,6-8,10-11,14,21-23H,3-5H2,(H,16,17,19). The lowest BCUT2D eigenvalue weighted by Gasteiger charge is -2.23. The van der Waals surface area contributed by atoms with E-state index in [4.69, 9.17) is 11.2 Å². The third kappa shape index (κ3) is 2.16. The van der Waals surface area contributed by atoms with Gasteiger partial charge in [0.05, 0.1) is 12.9 Å². The number of nitrogens with one attached hydrogen (secondary N) is 1. The first kappa shape index (κ1) is 15.3. The van der Waals surface area contributed by atoms with Gasteiger partial charge in [-0.1, -0.05) is 5.92 Å². The Balaban J connectivity index is 1.73. The van der Waals surface area contributed by atoms with E-state index in [1.165, 1.54) is 17.2 Å². The van der Waals surface area contributed by atoms with Crippen molar-refractivity contribution in [3.8, 4) is 12.3 Å². The lowest BCUT2D eigenvalue weighted by atomic mass is 9.97. The number of hydrogen-bond acceptors (Lipinski definition) is 8. The Morgan fingerprint density at radius 3 is 2.79 bits per heavy atom. The Bertz CT molecular complexity index is 814. The molecule has 2 aromatic rings. The first-order valence-electron chi connectivity index (χ1n) is 7.66. The number of fused-ring (bicyclic) bond motifs is 1. The number of aromatic nitrogens is 4. The lowest BCUT2D eigenvalue weighted by molar-refractivity contribution is -0.0911. The highest BCUT2D eigenvalue weighted by molar-refractivity contribution is 5.83. The molecule has 1 saturated heterocycles. The Labute approximate surface area is 137 Å². The van der Waals surface area contributed by atoms with Crippen LogP contribution in [0, 0.1) is 12.3 Å². The summed E-state index contributed by atoms with van der Waals surface area (Å²) in [6, 6.07) is 0.395. The third-order valence-corrected chi connectivity index (χ3v) is 4.45. The molecule has 4 N–H and O–H groups in total. The number of ether oxygens (including phenoxy) is 1. The van der Waals surface area contributed by atoms with Crippen molar-refractivity contribution < 1.29 is 20.1 Å². The van der Waals surface area contributed by atoms with Crippen LogP contribution in [0.15, 0.2) is 12.7 Å². The summed E-state index contributed by atoms with van der Waals surface area (Å²) in [6.45, 7) is -0.617. The van der Waals surface area contributed by atoms with E-state index >= 15 is 0 Å². The normalized spacial score (nSPS) is 32.8. The van der Waals surface area contributed by atoms with E-state index in [9.17, 15) is 15.3 Å². The Morgan fingerprint density at radius 1 is 1.38 bits per heavy atom. The van der Waals surface area contributed by atoms with Crippen molar-refractivity contribution in [3.05, 3.63) is 12.7 Å². The Kier molecular flexibility index (Phi) is 3.43. The number of hydrogen-bond donors (Lipinski definition) is 4. The summed E-state index contributed by atoms with van der Waals surface area (Å²) in [6.07, 6.45) is 6.61. The van der Waals surface area contributed by atoms with Gasteiger partial charge in [-0.3, -0.25) is 4.57 Å². The van der Waals surface area contributed by atoms with E-state index < -0.39 is 30.6 Å². The van der Waals surface area contributed by atoms with E-state index in [1.807, 2.05) is 0 Å². The number of anilines is 1. The van der Waals surface area contributed by atoms with Crippen LogP contribution in [0.25, 0.3) is 11.2 Å². The highest BCUT2D eigenvalue weighted by Crippen LogP contribution is 2.38. The zero-order valence-corrected chi connectivity index (χ0v) is 12.7. The van der Waals surface area contributed by atoms with Gasteiger partial charge < -0.3 is 25.4 Å². The average Bonchev–Trinajstić information content (AvgIpc) is 3.25. The van der Waals surface area contributed by atoms with Crippen molar-refractivity contribution in [1.29, 1.82) is 0 Å². The van der Waals surface area contributed by atoms with Gasteiger partial charge in [0.25, 0.3) is 0 Å². The molecule has 4 unspecified atom stereocenters. The second-order valence-corrected chi connectivity index (χ2v) is 6.10. The Hall–Kier alpha value is -2.25. The van der Waals surface area contributed by atoms with E-state index in [2.05, 4.69) is 26.2 Å². The van der Waals surface area contributed by atoms with Crippen LogP contribution in [0.2, 0.25) is 0 Å². The molecule has 2 aromatic heterocycles. The molecule has 4 atom stereocenters. The van der Waals surface area contributed by atoms with Crippen LogP contribution >= 0.6 is 0 Å². The maximum absolute atomic E-state index is 10.3. The Morgan fingerprint density at radius 2 is 2.17 bits per heavy atom. The van der Waals surface area contributed by atoms with Gasteiger partial charge in [0.1, 0.15) is 18.5 Å². The lowest BCUT2D eigenvalue weighted by Crippen LogP contribution is -2.44. The second kappa shape index (κ2) is 5.39. The second-order valence-electron chi connectivity index (χ2n) is 6.10. The molecule has 1 saturated carbocycles. The largest absolute Gasteiger partial charge is 0.392 e. The van der Waals surface area contributed by atoms with Crippen LogP contribution in [-0.4, -0.2) is 65.3 Å². The predicted octanol–water partition coefficient (Wildman–Crippen LogP) is -0.985. The van der Waals surface area contributed by atoms with Crippen LogP contribution in [0.1, 0.15) is 19.1 Å². The van der Waals surface area contributed by atoms with Gasteiger partial charge in [0.2, 0.25) is 0 Å². The van der Waals surface area contributed by atoms with Crippen molar-refractivity contribution >= 4 is 17.0 Å². The molecular weight excluding hydrogens is 314 g/mol. The zero-order chi connectivity index (χ0) is 16.9. The molecule has 9 heteroatoms.